The highest BCUT2D eigenvalue weighted by Crippen LogP contribution is 2.34. The lowest BCUT2D eigenvalue weighted by molar-refractivity contribution is 0.270. The van der Waals surface area contributed by atoms with Gasteiger partial charge in [-0.15, -0.1) is 0 Å². The molecule has 0 aromatic heterocycles. The topological polar surface area (TPSA) is 55.3 Å². The zero-order valence-corrected chi connectivity index (χ0v) is 17.8. The van der Waals surface area contributed by atoms with Gasteiger partial charge in [-0.1, -0.05) is 57.6 Å². The van der Waals surface area contributed by atoms with Crippen LogP contribution in [0.5, 0.6) is 0 Å². The van der Waals surface area contributed by atoms with Crippen molar-refractivity contribution < 1.29 is 0 Å². The fraction of sp³-hybridized carbons (Fsp3) is 0.739. The Balaban J connectivity index is 2.78. The first-order chi connectivity index (χ1) is 12.2. The van der Waals surface area contributed by atoms with E-state index in [0.717, 1.165) is 62.6 Å². The molecule has 0 amide bonds. The summed E-state index contributed by atoms with van der Waals surface area (Å²) in [6, 6.07) is 0.168. The van der Waals surface area contributed by atoms with Gasteiger partial charge in [0.1, 0.15) is 0 Å². The Morgan fingerprint density at radius 1 is 1.27 bits per heavy atom. The second-order valence-corrected chi connectivity index (χ2v) is 8.65. The summed E-state index contributed by atoms with van der Waals surface area (Å²) in [6.45, 7) is 19.1. The normalized spacial score (nSPS) is 28.3. The Morgan fingerprint density at radius 2 is 1.96 bits per heavy atom. The maximum Gasteiger partial charge on any atom is 0.0339 e. The summed E-state index contributed by atoms with van der Waals surface area (Å²) in [5.74, 6) is 8.26. The van der Waals surface area contributed by atoms with Gasteiger partial charge in [0.2, 0.25) is 0 Å². The zero-order chi connectivity index (χ0) is 19.7. The van der Waals surface area contributed by atoms with Gasteiger partial charge in [-0.3, -0.25) is 5.84 Å². The molecule has 0 radical (unpaired) electrons. The highest BCUT2D eigenvalue weighted by atomic mass is 15.4. The summed E-state index contributed by atoms with van der Waals surface area (Å²) in [7, 11) is 0. The molecule has 4 N–H and O–H groups in total. The van der Waals surface area contributed by atoms with E-state index in [-0.39, 0.29) is 6.04 Å². The van der Waals surface area contributed by atoms with E-state index in [9.17, 15) is 0 Å². The smallest absolute Gasteiger partial charge is 0.0339 e. The Kier molecular flexibility index (Phi) is 10.4. The molecule has 4 atom stereocenters. The van der Waals surface area contributed by atoms with E-state index >= 15 is 0 Å². The molecule has 150 valence electrons. The predicted octanol–water partition coefficient (Wildman–Crippen LogP) is 5.20. The standard InChI is InChI=1S/C23H43N3/c1-7-9-23(24)16-26(25)15-21-11-8-10-18(4)19(5)14-22(13-12-21)20(6)17(2)3/h11,18-19,22-23H,2,6-10,12-16,24-25H2,1,3-5H3/b21-11+. The number of nitrogens with two attached hydrogens (primary N) is 2. The molecule has 1 aliphatic carbocycles. The highest BCUT2D eigenvalue weighted by Gasteiger charge is 2.22. The largest absolute Gasteiger partial charge is 0.326 e. The highest BCUT2D eigenvalue weighted by molar-refractivity contribution is 5.26. The van der Waals surface area contributed by atoms with Crippen LogP contribution in [0.25, 0.3) is 0 Å². The number of hydrogen-bond acceptors (Lipinski definition) is 3. The monoisotopic (exact) mass is 361 g/mol. The SMILES string of the molecule is C=C(C)C(=C)C1CC/C(CN(N)CC(N)CCC)=C\CCC(C)C(C)C1. The van der Waals surface area contributed by atoms with E-state index in [1.807, 2.05) is 5.01 Å². The molecule has 3 heteroatoms. The third kappa shape index (κ3) is 8.20. The van der Waals surface area contributed by atoms with Gasteiger partial charge >= 0.3 is 0 Å². The quantitative estimate of drug-likeness (QED) is 0.270. The molecule has 0 aliphatic heterocycles. The van der Waals surface area contributed by atoms with Crippen LogP contribution in [0.4, 0.5) is 0 Å². The Hall–Kier alpha value is -0.900. The maximum atomic E-state index is 6.27. The molecule has 26 heavy (non-hydrogen) atoms. The third-order valence-corrected chi connectivity index (χ3v) is 6.07. The van der Waals surface area contributed by atoms with Gasteiger partial charge in [0.25, 0.3) is 0 Å². The molecule has 0 aromatic rings. The van der Waals surface area contributed by atoms with E-state index in [2.05, 4.69) is 46.9 Å². The molecular formula is C23H43N3. The van der Waals surface area contributed by atoms with Gasteiger partial charge in [0.05, 0.1) is 0 Å². The summed E-state index contributed by atoms with van der Waals surface area (Å²) in [5.41, 5.74) is 9.98. The first kappa shape index (κ1) is 23.1. The minimum absolute atomic E-state index is 0.168. The van der Waals surface area contributed by atoms with Gasteiger partial charge in [0, 0.05) is 19.1 Å². The van der Waals surface area contributed by atoms with Crippen molar-refractivity contribution >= 4 is 0 Å². The molecule has 0 spiro atoms. The van der Waals surface area contributed by atoms with E-state index < -0.39 is 0 Å². The number of hydrazine groups is 1. The van der Waals surface area contributed by atoms with Crippen molar-refractivity contribution in [2.45, 2.75) is 78.7 Å². The molecule has 4 unspecified atom stereocenters. The van der Waals surface area contributed by atoms with Crippen LogP contribution < -0.4 is 11.6 Å². The lowest BCUT2D eigenvalue weighted by Crippen LogP contribution is -2.42. The van der Waals surface area contributed by atoms with Crippen molar-refractivity contribution in [1.29, 1.82) is 0 Å². The molecule has 0 fully saturated rings. The first-order valence-electron chi connectivity index (χ1n) is 10.5. The fourth-order valence-electron chi connectivity index (χ4n) is 3.99. The van der Waals surface area contributed by atoms with Gasteiger partial charge in [-0.05, 0) is 68.8 Å². The van der Waals surface area contributed by atoms with Crippen molar-refractivity contribution in [3.63, 3.8) is 0 Å². The number of nitrogens with zero attached hydrogens (tertiary/aromatic N) is 1. The minimum Gasteiger partial charge on any atom is -0.326 e. The lowest BCUT2D eigenvalue weighted by atomic mass is 9.77. The Labute approximate surface area is 162 Å². The summed E-state index contributed by atoms with van der Waals surface area (Å²) < 4.78 is 0. The van der Waals surface area contributed by atoms with Crippen molar-refractivity contribution in [1.82, 2.24) is 5.01 Å². The molecule has 0 saturated carbocycles. The van der Waals surface area contributed by atoms with Crippen molar-refractivity contribution in [2.24, 2.45) is 29.3 Å². The zero-order valence-electron chi connectivity index (χ0n) is 17.8. The average molecular weight is 362 g/mol. The van der Waals surface area contributed by atoms with Crippen LogP contribution >= 0.6 is 0 Å². The fourth-order valence-corrected chi connectivity index (χ4v) is 3.99. The molecule has 0 aromatic carbocycles. The van der Waals surface area contributed by atoms with Crippen molar-refractivity contribution in [2.75, 3.05) is 13.1 Å². The number of hydrogen-bond donors (Lipinski definition) is 2. The molecule has 0 saturated heterocycles. The third-order valence-electron chi connectivity index (χ3n) is 6.07. The maximum absolute atomic E-state index is 6.27. The number of allylic oxidation sites excluding steroid dienone is 3. The van der Waals surface area contributed by atoms with Crippen LogP contribution in [0.15, 0.2) is 36.0 Å². The summed E-state index contributed by atoms with van der Waals surface area (Å²) in [4.78, 5) is 0. The molecule has 0 bridgehead atoms. The van der Waals surface area contributed by atoms with Crippen molar-refractivity contribution in [3.8, 4) is 0 Å². The van der Waals surface area contributed by atoms with Crippen LogP contribution in [0.2, 0.25) is 0 Å². The molecule has 1 rings (SSSR count). The Morgan fingerprint density at radius 3 is 2.58 bits per heavy atom. The van der Waals surface area contributed by atoms with Gasteiger partial charge in [-0.25, -0.2) is 5.01 Å². The van der Waals surface area contributed by atoms with Crippen LogP contribution in [0, 0.1) is 17.8 Å². The Bertz CT molecular complexity index is 480. The molecule has 3 nitrogen and oxygen atoms in total. The predicted molar refractivity (Wildman–Crippen MR) is 116 cm³/mol. The number of rotatable bonds is 8. The molecule has 0 heterocycles. The van der Waals surface area contributed by atoms with Gasteiger partial charge < -0.3 is 5.73 Å². The second-order valence-electron chi connectivity index (χ2n) is 8.65. The minimum atomic E-state index is 0.168. The van der Waals surface area contributed by atoms with Gasteiger partial charge in [0.15, 0.2) is 0 Å². The summed E-state index contributed by atoms with van der Waals surface area (Å²) in [6.07, 6.45) is 10.4. The van der Waals surface area contributed by atoms with Gasteiger partial charge in [-0.2, -0.15) is 0 Å². The molecule has 1 aliphatic rings. The molecular weight excluding hydrogens is 318 g/mol. The van der Waals surface area contributed by atoms with Crippen LogP contribution in [-0.4, -0.2) is 24.1 Å². The van der Waals surface area contributed by atoms with E-state index in [0.29, 0.717) is 5.92 Å². The average Bonchev–Trinajstić information content (AvgIpc) is 2.56. The van der Waals surface area contributed by atoms with E-state index in [4.69, 9.17) is 11.6 Å². The van der Waals surface area contributed by atoms with Crippen LogP contribution in [-0.2, 0) is 0 Å². The summed E-state index contributed by atoms with van der Waals surface area (Å²) >= 11 is 0. The second kappa shape index (κ2) is 11.7. The van der Waals surface area contributed by atoms with Crippen LogP contribution in [0.1, 0.15) is 72.6 Å². The lowest BCUT2D eigenvalue weighted by Gasteiger charge is -2.29. The van der Waals surface area contributed by atoms with Crippen LogP contribution in [0.3, 0.4) is 0 Å². The van der Waals surface area contributed by atoms with E-state index in [1.165, 1.54) is 24.0 Å². The van der Waals surface area contributed by atoms with Crippen molar-refractivity contribution in [3.05, 3.63) is 36.0 Å². The summed E-state index contributed by atoms with van der Waals surface area (Å²) in [5, 5.41) is 1.91. The van der Waals surface area contributed by atoms with E-state index in [1.54, 1.807) is 0 Å². The first-order valence-corrected chi connectivity index (χ1v) is 10.5.